The lowest BCUT2D eigenvalue weighted by Gasteiger charge is -2.06. The standard InChI is InChI=1S/C13H17FN4S/c1-3-4-15-8-10-5-11(14)7-12(6-10)19-13-17-16-9-18(13)2/h5-7,9,15H,3-4,8H2,1-2H3. The van der Waals surface area contributed by atoms with E-state index in [0.717, 1.165) is 28.6 Å². The fourth-order valence-corrected chi connectivity index (χ4v) is 2.53. The van der Waals surface area contributed by atoms with Crippen LogP contribution in [0.4, 0.5) is 4.39 Å². The Morgan fingerprint density at radius 3 is 2.89 bits per heavy atom. The summed E-state index contributed by atoms with van der Waals surface area (Å²) in [7, 11) is 1.87. The Hall–Kier alpha value is -1.40. The van der Waals surface area contributed by atoms with Gasteiger partial charge in [-0.3, -0.25) is 0 Å². The predicted octanol–water partition coefficient (Wildman–Crippen LogP) is 2.61. The normalized spacial score (nSPS) is 10.9. The van der Waals surface area contributed by atoms with Gasteiger partial charge in [0.05, 0.1) is 0 Å². The summed E-state index contributed by atoms with van der Waals surface area (Å²) >= 11 is 1.41. The molecule has 1 aromatic carbocycles. The van der Waals surface area contributed by atoms with Crippen LogP contribution in [0.3, 0.4) is 0 Å². The summed E-state index contributed by atoms with van der Waals surface area (Å²) in [6, 6.07) is 5.05. The van der Waals surface area contributed by atoms with Crippen LogP contribution < -0.4 is 5.32 Å². The number of nitrogens with one attached hydrogen (secondary N) is 1. The topological polar surface area (TPSA) is 42.7 Å². The van der Waals surface area contributed by atoms with E-state index in [1.165, 1.54) is 17.8 Å². The minimum atomic E-state index is -0.222. The number of benzene rings is 1. The van der Waals surface area contributed by atoms with Crippen molar-refractivity contribution < 1.29 is 4.39 Å². The SMILES string of the molecule is CCCNCc1cc(F)cc(Sc2nncn2C)c1. The lowest BCUT2D eigenvalue weighted by molar-refractivity contribution is 0.615. The third-order valence-electron chi connectivity index (χ3n) is 2.57. The van der Waals surface area contributed by atoms with Gasteiger partial charge in [0.25, 0.3) is 0 Å². The summed E-state index contributed by atoms with van der Waals surface area (Å²) in [5.74, 6) is -0.222. The van der Waals surface area contributed by atoms with Gasteiger partial charge in [-0.05, 0) is 48.5 Å². The molecule has 0 fully saturated rings. The first kappa shape index (κ1) is 14.0. The van der Waals surface area contributed by atoms with Crippen molar-refractivity contribution in [3.8, 4) is 0 Å². The Kier molecular flexibility index (Phi) is 4.93. The van der Waals surface area contributed by atoms with E-state index >= 15 is 0 Å². The van der Waals surface area contributed by atoms with Gasteiger partial charge in [-0.1, -0.05) is 6.92 Å². The second kappa shape index (κ2) is 6.68. The highest BCUT2D eigenvalue weighted by atomic mass is 32.2. The quantitative estimate of drug-likeness (QED) is 0.826. The molecule has 6 heteroatoms. The smallest absolute Gasteiger partial charge is 0.195 e. The van der Waals surface area contributed by atoms with Crippen LogP contribution in [0.15, 0.2) is 34.6 Å². The summed E-state index contributed by atoms with van der Waals surface area (Å²) < 4.78 is 15.4. The number of aromatic nitrogens is 3. The molecule has 102 valence electrons. The molecule has 0 spiro atoms. The summed E-state index contributed by atoms with van der Waals surface area (Å²) in [6.07, 6.45) is 2.70. The van der Waals surface area contributed by atoms with Gasteiger partial charge in [0.1, 0.15) is 12.1 Å². The predicted molar refractivity (Wildman–Crippen MR) is 73.5 cm³/mol. The lowest BCUT2D eigenvalue weighted by atomic mass is 10.2. The van der Waals surface area contributed by atoms with Gasteiger partial charge in [0.2, 0.25) is 0 Å². The molecule has 0 saturated heterocycles. The molecule has 0 saturated carbocycles. The van der Waals surface area contributed by atoms with E-state index in [1.807, 2.05) is 17.7 Å². The summed E-state index contributed by atoms with van der Waals surface area (Å²) in [5.41, 5.74) is 0.943. The molecule has 0 radical (unpaired) electrons. The van der Waals surface area contributed by atoms with Gasteiger partial charge in [-0.25, -0.2) is 4.39 Å². The molecule has 2 rings (SSSR count). The van der Waals surface area contributed by atoms with Crippen molar-refractivity contribution in [1.29, 1.82) is 0 Å². The fraction of sp³-hybridized carbons (Fsp3) is 0.385. The van der Waals surface area contributed by atoms with Crippen LogP contribution in [0.5, 0.6) is 0 Å². The van der Waals surface area contributed by atoms with E-state index in [1.54, 1.807) is 12.4 Å². The Morgan fingerprint density at radius 2 is 2.21 bits per heavy atom. The fourth-order valence-electron chi connectivity index (χ4n) is 1.66. The van der Waals surface area contributed by atoms with Gasteiger partial charge >= 0.3 is 0 Å². The summed E-state index contributed by atoms with van der Waals surface area (Å²) in [4.78, 5) is 0.837. The average molecular weight is 280 g/mol. The molecule has 0 aliphatic rings. The number of rotatable bonds is 6. The van der Waals surface area contributed by atoms with E-state index in [2.05, 4.69) is 22.4 Å². The van der Waals surface area contributed by atoms with Crippen LogP contribution in [-0.4, -0.2) is 21.3 Å². The zero-order chi connectivity index (χ0) is 13.7. The highest BCUT2D eigenvalue weighted by Crippen LogP contribution is 2.26. The van der Waals surface area contributed by atoms with Gasteiger partial charge < -0.3 is 9.88 Å². The molecule has 0 amide bonds. The molecule has 0 aliphatic carbocycles. The van der Waals surface area contributed by atoms with Crippen molar-refractivity contribution in [1.82, 2.24) is 20.1 Å². The van der Waals surface area contributed by atoms with Crippen molar-refractivity contribution in [2.45, 2.75) is 29.9 Å². The first-order chi connectivity index (χ1) is 9.19. The van der Waals surface area contributed by atoms with Gasteiger partial charge in [-0.15, -0.1) is 10.2 Å². The zero-order valence-electron chi connectivity index (χ0n) is 11.1. The largest absolute Gasteiger partial charge is 0.313 e. The molecule has 4 nitrogen and oxygen atoms in total. The van der Waals surface area contributed by atoms with Crippen LogP contribution in [0, 0.1) is 5.82 Å². The molecule has 0 bridgehead atoms. The Morgan fingerprint density at radius 1 is 1.37 bits per heavy atom. The molecule has 19 heavy (non-hydrogen) atoms. The van der Waals surface area contributed by atoms with Gasteiger partial charge in [-0.2, -0.15) is 0 Å². The second-order valence-corrected chi connectivity index (χ2v) is 5.34. The van der Waals surface area contributed by atoms with Crippen molar-refractivity contribution in [2.75, 3.05) is 6.54 Å². The van der Waals surface area contributed by atoms with Crippen molar-refractivity contribution >= 4 is 11.8 Å². The van der Waals surface area contributed by atoms with E-state index in [4.69, 9.17) is 0 Å². The highest BCUT2D eigenvalue weighted by Gasteiger charge is 2.06. The highest BCUT2D eigenvalue weighted by molar-refractivity contribution is 7.99. The molecule has 0 atom stereocenters. The molecule has 2 aromatic rings. The number of hydrogen-bond donors (Lipinski definition) is 1. The average Bonchev–Trinajstić information content (AvgIpc) is 2.75. The third kappa shape index (κ3) is 4.04. The Labute approximate surface area is 116 Å². The molecule has 1 aromatic heterocycles. The Balaban J connectivity index is 2.10. The molecule has 0 aliphatic heterocycles. The maximum atomic E-state index is 13.6. The maximum absolute atomic E-state index is 13.6. The number of nitrogens with zero attached hydrogens (tertiary/aromatic N) is 3. The van der Waals surface area contributed by atoms with Crippen LogP contribution in [0.2, 0.25) is 0 Å². The first-order valence-electron chi connectivity index (χ1n) is 6.21. The summed E-state index contributed by atoms with van der Waals surface area (Å²) in [6.45, 7) is 3.72. The van der Waals surface area contributed by atoms with Gasteiger partial charge in [0.15, 0.2) is 5.16 Å². The molecule has 0 unspecified atom stereocenters. The monoisotopic (exact) mass is 280 g/mol. The van der Waals surface area contributed by atoms with Crippen LogP contribution in [0.25, 0.3) is 0 Å². The number of aryl methyl sites for hydroxylation is 1. The zero-order valence-corrected chi connectivity index (χ0v) is 11.9. The lowest BCUT2D eigenvalue weighted by Crippen LogP contribution is -2.13. The van der Waals surface area contributed by atoms with E-state index in [-0.39, 0.29) is 5.82 Å². The van der Waals surface area contributed by atoms with Crippen molar-refractivity contribution in [2.24, 2.45) is 7.05 Å². The van der Waals surface area contributed by atoms with Crippen LogP contribution in [0.1, 0.15) is 18.9 Å². The van der Waals surface area contributed by atoms with E-state index < -0.39 is 0 Å². The molecular formula is C13H17FN4S. The number of hydrogen-bond acceptors (Lipinski definition) is 4. The molecular weight excluding hydrogens is 263 g/mol. The van der Waals surface area contributed by atoms with E-state index in [9.17, 15) is 4.39 Å². The van der Waals surface area contributed by atoms with Crippen molar-refractivity contribution in [3.63, 3.8) is 0 Å². The molecule has 1 N–H and O–H groups in total. The summed E-state index contributed by atoms with van der Waals surface area (Å²) in [5, 5.41) is 11.8. The Bertz CT molecular complexity index is 541. The first-order valence-corrected chi connectivity index (χ1v) is 7.02. The third-order valence-corrected chi connectivity index (χ3v) is 3.59. The van der Waals surface area contributed by atoms with Crippen LogP contribution in [-0.2, 0) is 13.6 Å². The van der Waals surface area contributed by atoms with E-state index in [0.29, 0.717) is 6.54 Å². The second-order valence-electron chi connectivity index (χ2n) is 4.30. The van der Waals surface area contributed by atoms with Gasteiger partial charge in [0, 0.05) is 18.5 Å². The molecule has 1 heterocycles. The van der Waals surface area contributed by atoms with Crippen molar-refractivity contribution in [3.05, 3.63) is 35.9 Å². The number of halogens is 1. The van der Waals surface area contributed by atoms with Crippen LogP contribution >= 0.6 is 11.8 Å². The minimum absolute atomic E-state index is 0.222. The minimum Gasteiger partial charge on any atom is -0.313 e. The maximum Gasteiger partial charge on any atom is 0.195 e.